The van der Waals surface area contributed by atoms with Gasteiger partial charge in [-0.3, -0.25) is 9.20 Å². The van der Waals surface area contributed by atoms with Crippen LogP contribution in [0.25, 0.3) is 5.65 Å². The van der Waals surface area contributed by atoms with Crippen molar-refractivity contribution in [2.24, 2.45) is 0 Å². The number of rotatable bonds is 5. The predicted molar refractivity (Wildman–Crippen MR) is 87.7 cm³/mol. The number of aromatic hydroxyl groups is 1. The molecule has 0 amide bonds. The zero-order chi connectivity index (χ0) is 16.2. The molecule has 1 N–H and O–H groups in total. The lowest BCUT2D eigenvalue weighted by atomic mass is 10.1. The second kappa shape index (κ2) is 7.10. The second-order valence-corrected chi connectivity index (χ2v) is 6.19. The molecule has 2 aromatic heterocycles. The lowest BCUT2D eigenvalue weighted by Gasteiger charge is -2.25. The topological polar surface area (TPSA) is 67.1 Å². The van der Waals surface area contributed by atoms with Gasteiger partial charge in [-0.1, -0.05) is 0 Å². The lowest BCUT2D eigenvalue weighted by Crippen LogP contribution is -2.27. The molecule has 3 rings (SSSR count). The molecule has 0 spiro atoms. The monoisotopic (exact) mass is 317 g/mol. The van der Waals surface area contributed by atoms with Crippen LogP contribution in [0.4, 0.5) is 0 Å². The molecular formula is C17H23N3O3. The van der Waals surface area contributed by atoms with Crippen LogP contribution in [0.15, 0.2) is 29.2 Å². The van der Waals surface area contributed by atoms with Gasteiger partial charge in [-0.15, -0.1) is 0 Å². The SMILES string of the molecule is CN(CCC1CCCCO1)Cc1cc(=O)n2cccc(O)c2n1. The number of aromatic nitrogens is 2. The molecule has 1 atom stereocenters. The zero-order valence-electron chi connectivity index (χ0n) is 13.4. The van der Waals surface area contributed by atoms with Gasteiger partial charge in [0.2, 0.25) is 0 Å². The Morgan fingerprint density at radius 2 is 2.35 bits per heavy atom. The number of hydrogen-bond donors (Lipinski definition) is 1. The van der Waals surface area contributed by atoms with Crippen molar-refractivity contribution in [3.8, 4) is 5.75 Å². The van der Waals surface area contributed by atoms with E-state index in [1.165, 1.54) is 29.4 Å². The van der Waals surface area contributed by atoms with Gasteiger partial charge in [0.1, 0.15) is 0 Å². The third-order valence-corrected chi connectivity index (χ3v) is 4.26. The maximum absolute atomic E-state index is 12.1. The molecule has 1 aliphatic heterocycles. The Morgan fingerprint density at radius 3 is 3.13 bits per heavy atom. The van der Waals surface area contributed by atoms with Gasteiger partial charge in [0.05, 0.1) is 11.8 Å². The van der Waals surface area contributed by atoms with E-state index in [9.17, 15) is 9.90 Å². The van der Waals surface area contributed by atoms with E-state index in [-0.39, 0.29) is 11.3 Å². The summed E-state index contributed by atoms with van der Waals surface area (Å²) in [6.07, 6.45) is 6.51. The quantitative estimate of drug-likeness (QED) is 0.911. The zero-order valence-corrected chi connectivity index (χ0v) is 13.4. The second-order valence-electron chi connectivity index (χ2n) is 6.19. The molecule has 0 bridgehead atoms. The van der Waals surface area contributed by atoms with E-state index in [2.05, 4.69) is 9.88 Å². The minimum absolute atomic E-state index is 0.0182. The van der Waals surface area contributed by atoms with Crippen LogP contribution in [-0.4, -0.2) is 45.7 Å². The predicted octanol–water partition coefficient (Wildman–Crippen LogP) is 1.79. The first kappa shape index (κ1) is 16.0. The summed E-state index contributed by atoms with van der Waals surface area (Å²) in [5.74, 6) is 0.0182. The fourth-order valence-electron chi connectivity index (χ4n) is 2.99. The van der Waals surface area contributed by atoms with E-state index >= 15 is 0 Å². The van der Waals surface area contributed by atoms with Crippen LogP contribution < -0.4 is 5.56 Å². The van der Waals surface area contributed by atoms with Gasteiger partial charge in [0.15, 0.2) is 11.4 Å². The standard InChI is InChI=1S/C17H23N3O3/c1-19(9-7-14-5-2-3-10-23-14)12-13-11-16(22)20-8-4-6-15(21)17(20)18-13/h4,6,8,11,14,21H,2-3,5,7,9-10,12H2,1H3. The molecule has 3 heterocycles. The third kappa shape index (κ3) is 3.89. The highest BCUT2D eigenvalue weighted by Crippen LogP contribution is 2.17. The normalized spacial score (nSPS) is 18.6. The summed E-state index contributed by atoms with van der Waals surface area (Å²) in [6.45, 7) is 2.34. The molecular weight excluding hydrogens is 294 g/mol. The van der Waals surface area contributed by atoms with E-state index in [1.54, 1.807) is 12.3 Å². The summed E-state index contributed by atoms with van der Waals surface area (Å²) in [4.78, 5) is 18.7. The van der Waals surface area contributed by atoms with Crippen LogP contribution in [0.5, 0.6) is 5.75 Å². The number of fused-ring (bicyclic) bond motifs is 1. The van der Waals surface area contributed by atoms with Crippen molar-refractivity contribution in [1.82, 2.24) is 14.3 Å². The van der Waals surface area contributed by atoms with Gasteiger partial charge in [-0.25, -0.2) is 4.98 Å². The summed E-state index contributed by atoms with van der Waals surface area (Å²) in [5.41, 5.74) is 0.799. The summed E-state index contributed by atoms with van der Waals surface area (Å²) in [5, 5.41) is 9.88. The van der Waals surface area contributed by atoms with Crippen LogP contribution in [-0.2, 0) is 11.3 Å². The van der Waals surface area contributed by atoms with Crippen molar-refractivity contribution < 1.29 is 9.84 Å². The molecule has 0 radical (unpaired) electrons. The molecule has 2 aromatic rings. The van der Waals surface area contributed by atoms with Crippen LogP contribution >= 0.6 is 0 Å². The smallest absolute Gasteiger partial charge is 0.258 e. The Kier molecular flexibility index (Phi) is 4.93. The fourth-order valence-corrected chi connectivity index (χ4v) is 2.99. The summed E-state index contributed by atoms with van der Waals surface area (Å²) < 4.78 is 7.10. The maximum Gasteiger partial charge on any atom is 0.258 e. The largest absolute Gasteiger partial charge is 0.504 e. The van der Waals surface area contributed by atoms with Crippen molar-refractivity contribution in [2.45, 2.75) is 38.3 Å². The summed E-state index contributed by atoms with van der Waals surface area (Å²) >= 11 is 0. The van der Waals surface area contributed by atoms with Gasteiger partial charge >= 0.3 is 0 Å². The molecule has 1 unspecified atom stereocenters. The molecule has 0 aliphatic carbocycles. The van der Waals surface area contributed by atoms with Gasteiger partial charge in [-0.2, -0.15) is 0 Å². The summed E-state index contributed by atoms with van der Waals surface area (Å²) in [6, 6.07) is 4.69. The Morgan fingerprint density at radius 1 is 1.48 bits per heavy atom. The molecule has 23 heavy (non-hydrogen) atoms. The van der Waals surface area contributed by atoms with Crippen molar-refractivity contribution >= 4 is 5.65 Å². The number of nitrogens with zero attached hydrogens (tertiary/aromatic N) is 3. The fraction of sp³-hybridized carbons (Fsp3) is 0.529. The highest BCUT2D eigenvalue weighted by Gasteiger charge is 2.15. The Hall–Kier alpha value is -1.92. The molecule has 0 saturated carbocycles. The van der Waals surface area contributed by atoms with Gasteiger partial charge in [0.25, 0.3) is 5.56 Å². The third-order valence-electron chi connectivity index (χ3n) is 4.26. The van der Waals surface area contributed by atoms with E-state index in [4.69, 9.17) is 4.74 Å². The van der Waals surface area contributed by atoms with Crippen LogP contribution in [0.3, 0.4) is 0 Å². The van der Waals surface area contributed by atoms with Crippen LogP contribution in [0, 0.1) is 0 Å². The average molecular weight is 317 g/mol. The first-order valence-corrected chi connectivity index (χ1v) is 8.14. The van der Waals surface area contributed by atoms with E-state index < -0.39 is 0 Å². The molecule has 6 nitrogen and oxygen atoms in total. The Balaban J connectivity index is 1.66. The van der Waals surface area contributed by atoms with Crippen molar-refractivity contribution in [1.29, 1.82) is 0 Å². The van der Waals surface area contributed by atoms with Crippen molar-refractivity contribution in [3.63, 3.8) is 0 Å². The molecule has 124 valence electrons. The van der Waals surface area contributed by atoms with Gasteiger partial charge < -0.3 is 14.7 Å². The van der Waals surface area contributed by atoms with Crippen molar-refractivity contribution in [2.75, 3.05) is 20.2 Å². The minimum atomic E-state index is -0.176. The van der Waals surface area contributed by atoms with Crippen molar-refractivity contribution in [3.05, 3.63) is 40.4 Å². The average Bonchev–Trinajstić information content (AvgIpc) is 2.55. The molecule has 6 heteroatoms. The first-order chi connectivity index (χ1) is 11.1. The van der Waals surface area contributed by atoms with Crippen LogP contribution in [0.1, 0.15) is 31.4 Å². The number of ether oxygens (including phenoxy) is 1. The van der Waals surface area contributed by atoms with Gasteiger partial charge in [-0.05, 0) is 44.9 Å². The highest BCUT2D eigenvalue weighted by atomic mass is 16.5. The Bertz CT molecular complexity index is 723. The van der Waals surface area contributed by atoms with E-state index in [0.29, 0.717) is 24.0 Å². The molecule has 1 aliphatic rings. The highest BCUT2D eigenvalue weighted by molar-refractivity contribution is 5.52. The lowest BCUT2D eigenvalue weighted by molar-refractivity contribution is 0.00636. The van der Waals surface area contributed by atoms with Gasteiger partial charge in [0, 0.05) is 32.0 Å². The van der Waals surface area contributed by atoms with E-state index in [1.807, 2.05) is 7.05 Å². The first-order valence-electron chi connectivity index (χ1n) is 8.14. The van der Waals surface area contributed by atoms with E-state index in [0.717, 1.165) is 26.0 Å². The summed E-state index contributed by atoms with van der Waals surface area (Å²) in [7, 11) is 2.01. The molecule has 0 aromatic carbocycles. The minimum Gasteiger partial charge on any atom is -0.504 e. The number of hydrogen-bond acceptors (Lipinski definition) is 5. The molecule has 1 saturated heterocycles. The van der Waals surface area contributed by atoms with Crippen LogP contribution in [0.2, 0.25) is 0 Å². The molecule has 1 fully saturated rings. The number of pyridine rings is 1. The Labute approximate surface area is 135 Å². The maximum atomic E-state index is 12.1.